The van der Waals surface area contributed by atoms with Crippen molar-refractivity contribution in [3.8, 4) is 11.5 Å². The van der Waals surface area contributed by atoms with Gasteiger partial charge in [-0.2, -0.15) is 0 Å². The third kappa shape index (κ3) is 4.54. The first-order valence-electron chi connectivity index (χ1n) is 10.4. The van der Waals surface area contributed by atoms with Crippen molar-refractivity contribution in [2.75, 3.05) is 14.2 Å². The second-order valence-corrected chi connectivity index (χ2v) is 9.68. The maximum Gasteiger partial charge on any atom is 0.208 e. The molecular formula is C26H24FNO4S. The maximum atomic E-state index is 14.0. The maximum absolute atomic E-state index is 14.0. The molecule has 1 aliphatic heterocycles. The van der Waals surface area contributed by atoms with Crippen LogP contribution in [0.2, 0.25) is 0 Å². The van der Waals surface area contributed by atoms with Gasteiger partial charge in [0.15, 0.2) is 11.5 Å². The van der Waals surface area contributed by atoms with Crippen molar-refractivity contribution in [1.29, 1.82) is 0 Å². The number of fused-ring (bicyclic) bond motifs is 1. The SMILES string of the molecule is COc1ccc(S(=O)(=O)C2=C(C3=CCC=CC(C)=C3)Cc3cc(F)ccc3N=C2)cc1OC. The van der Waals surface area contributed by atoms with E-state index in [1.54, 1.807) is 12.1 Å². The number of allylic oxidation sites excluding steroid dienone is 8. The van der Waals surface area contributed by atoms with Gasteiger partial charge in [-0.05, 0) is 60.4 Å². The fourth-order valence-corrected chi connectivity index (χ4v) is 5.37. The summed E-state index contributed by atoms with van der Waals surface area (Å²) in [5.41, 5.74) is 3.51. The van der Waals surface area contributed by atoms with Crippen LogP contribution in [0.15, 0.2) is 92.2 Å². The van der Waals surface area contributed by atoms with E-state index in [4.69, 9.17) is 9.47 Å². The number of ether oxygens (including phenoxy) is 2. The van der Waals surface area contributed by atoms with E-state index in [2.05, 4.69) is 4.99 Å². The number of nitrogens with zero attached hydrogens (tertiary/aromatic N) is 1. The van der Waals surface area contributed by atoms with Gasteiger partial charge in [0, 0.05) is 18.7 Å². The molecule has 0 N–H and O–H groups in total. The van der Waals surface area contributed by atoms with Gasteiger partial charge < -0.3 is 9.47 Å². The van der Waals surface area contributed by atoms with Gasteiger partial charge in [0.25, 0.3) is 0 Å². The molecule has 2 aromatic carbocycles. The predicted octanol–water partition coefficient (Wildman–Crippen LogP) is 5.66. The monoisotopic (exact) mass is 465 g/mol. The number of benzene rings is 2. The Balaban J connectivity index is 1.94. The van der Waals surface area contributed by atoms with Gasteiger partial charge in [-0.1, -0.05) is 29.9 Å². The lowest BCUT2D eigenvalue weighted by Gasteiger charge is -2.15. The standard InChI is InChI=1S/C26H24FNO4S/c1-17-6-4-5-7-18(12-17)22-14-19-13-20(27)8-10-23(19)28-16-26(22)33(29,30)21-9-11-24(31-2)25(15-21)32-3/h4,6-13,15-16H,5,14H2,1-3H3. The van der Waals surface area contributed by atoms with Gasteiger partial charge in [0.05, 0.1) is 29.7 Å². The average molecular weight is 466 g/mol. The Morgan fingerprint density at radius 1 is 1.03 bits per heavy atom. The molecular weight excluding hydrogens is 441 g/mol. The van der Waals surface area contributed by atoms with Crippen LogP contribution in [-0.2, 0) is 16.3 Å². The normalized spacial score (nSPS) is 15.9. The van der Waals surface area contributed by atoms with Crippen LogP contribution in [0.3, 0.4) is 0 Å². The van der Waals surface area contributed by atoms with E-state index in [-0.39, 0.29) is 16.2 Å². The van der Waals surface area contributed by atoms with Crippen molar-refractivity contribution in [3.05, 3.63) is 93.7 Å². The van der Waals surface area contributed by atoms with E-state index >= 15 is 0 Å². The van der Waals surface area contributed by atoms with E-state index in [0.29, 0.717) is 34.7 Å². The summed E-state index contributed by atoms with van der Waals surface area (Å²) in [5, 5.41) is 0. The molecule has 4 rings (SSSR count). The fourth-order valence-electron chi connectivity index (χ4n) is 3.90. The molecule has 170 valence electrons. The number of methoxy groups -OCH3 is 2. The van der Waals surface area contributed by atoms with Crippen molar-refractivity contribution < 1.29 is 22.3 Å². The topological polar surface area (TPSA) is 65.0 Å². The second-order valence-electron chi connectivity index (χ2n) is 7.76. The van der Waals surface area contributed by atoms with Crippen LogP contribution in [0.1, 0.15) is 18.9 Å². The number of hydrogen-bond acceptors (Lipinski definition) is 5. The van der Waals surface area contributed by atoms with Gasteiger partial charge in [-0.3, -0.25) is 4.99 Å². The zero-order valence-electron chi connectivity index (χ0n) is 18.6. The quantitative estimate of drug-likeness (QED) is 0.571. The molecule has 33 heavy (non-hydrogen) atoms. The molecule has 0 bridgehead atoms. The summed E-state index contributed by atoms with van der Waals surface area (Å²) >= 11 is 0. The van der Waals surface area contributed by atoms with E-state index in [1.165, 1.54) is 44.7 Å². The summed E-state index contributed by atoms with van der Waals surface area (Å²) in [7, 11) is -1.05. The molecule has 0 spiro atoms. The van der Waals surface area contributed by atoms with Gasteiger partial charge >= 0.3 is 0 Å². The van der Waals surface area contributed by atoms with Crippen LogP contribution in [0.5, 0.6) is 11.5 Å². The van der Waals surface area contributed by atoms with Crippen LogP contribution in [0.25, 0.3) is 0 Å². The van der Waals surface area contributed by atoms with E-state index < -0.39 is 15.7 Å². The van der Waals surface area contributed by atoms with Gasteiger partial charge in [-0.25, -0.2) is 12.8 Å². The molecule has 0 radical (unpaired) electrons. The number of aliphatic imine (C=N–C) groups is 1. The first-order chi connectivity index (χ1) is 15.8. The summed E-state index contributed by atoms with van der Waals surface area (Å²) in [4.78, 5) is 4.55. The van der Waals surface area contributed by atoms with E-state index in [1.807, 2.05) is 31.2 Å². The van der Waals surface area contributed by atoms with Gasteiger partial charge in [0.1, 0.15) is 5.82 Å². The molecule has 7 heteroatoms. The van der Waals surface area contributed by atoms with Crippen LogP contribution in [0.4, 0.5) is 10.1 Å². The van der Waals surface area contributed by atoms with Crippen LogP contribution >= 0.6 is 0 Å². The van der Waals surface area contributed by atoms with Crippen molar-refractivity contribution in [2.45, 2.75) is 24.7 Å². The summed E-state index contributed by atoms with van der Waals surface area (Å²) in [5.74, 6) is 0.349. The largest absolute Gasteiger partial charge is 0.493 e. The van der Waals surface area contributed by atoms with Crippen LogP contribution in [-0.4, -0.2) is 28.9 Å². The Bertz CT molecular complexity index is 1360. The van der Waals surface area contributed by atoms with Crippen molar-refractivity contribution >= 4 is 21.7 Å². The Labute approximate surface area is 193 Å². The lowest BCUT2D eigenvalue weighted by atomic mass is 9.95. The smallest absolute Gasteiger partial charge is 0.208 e. The summed E-state index contributed by atoms with van der Waals surface area (Å²) < 4.78 is 52.3. The molecule has 0 aromatic heterocycles. The summed E-state index contributed by atoms with van der Waals surface area (Å²) in [6.07, 6.45) is 10.2. The van der Waals surface area contributed by atoms with Crippen LogP contribution < -0.4 is 9.47 Å². The highest BCUT2D eigenvalue weighted by Gasteiger charge is 2.28. The molecule has 0 saturated heterocycles. The Morgan fingerprint density at radius 3 is 2.58 bits per heavy atom. The van der Waals surface area contributed by atoms with Crippen LogP contribution in [0, 0.1) is 5.82 Å². The second kappa shape index (κ2) is 9.19. The zero-order chi connectivity index (χ0) is 23.6. The number of halogens is 1. The molecule has 0 unspecified atom stereocenters. The molecule has 0 fully saturated rings. The molecule has 0 atom stereocenters. The van der Waals surface area contributed by atoms with E-state index in [9.17, 15) is 12.8 Å². The average Bonchev–Trinajstić information content (AvgIpc) is 3.14. The molecule has 1 heterocycles. The lowest BCUT2D eigenvalue weighted by Crippen LogP contribution is -2.11. The Kier molecular flexibility index (Phi) is 6.33. The number of hydrogen-bond donors (Lipinski definition) is 0. The molecule has 1 aliphatic carbocycles. The minimum atomic E-state index is -3.99. The zero-order valence-corrected chi connectivity index (χ0v) is 19.4. The molecule has 0 saturated carbocycles. The summed E-state index contributed by atoms with van der Waals surface area (Å²) in [6.45, 7) is 1.96. The lowest BCUT2D eigenvalue weighted by molar-refractivity contribution is 0.354. The molecule has 2 aliphatic rings. The Morgan fingerprint density at radius 2 is 1.82 bits per heavy atom. The minimum Gasteiger partial charge on any atom is -0.493 e. The number of sulfone groups is 1. The number of rotatable bonds is 5. The van der Waals surface area contributed by atoms with Crippen molar-refractivity contribution in [2.24, 2.45) is 4.99 Å². The third-order valence-electron chi connectivity index (χ3n) is 5.57. The fraction of sp³-hybridized carbons (Fsp3) is 0.192. The first-order valence-corrected chi connectivity index (χ1v) is 11.9. The van der Waals surface area contributed by atoms with Gasteiger partial charge in [-0.15, -0.1) is 0 Å². The molecule has 5 nitrogen and oxygen atoms in total. The Hall–Kier alpha value is -3.45. The van der Waals surface area contributed by atoms with Crippen molar-refractivity contribution in [3.63, 3.8) is 0 Å². The predicted molar refractivity (Wildman–Crippen MR) is 128 cm³/mol. The molecule has 0 amide bonds. The highest BCUT2D eigenvalue weighted by molar-refractivity contribution is 7.96. The highest BCUT2D eigenvalue weighted by atomic mass is 32.2. The highest BCUT2D eigenvalue weighted by Crippen LogP contribution is 2.37. The van der Waals surface area contributed by atoms with Gasteiger partial charge in [0.2, 0.25) is 9.84 Å². The third-order valence-corrected chi connectivity index (χ3v) is 7.37. The molecule has 2 aromatic rings. The minimum absolute atomic E-state index is 0.0595. The van der Waals surface area contributed by atoms with Crippen molar-refractivity contribution in [1.82, 2.24) is 0 Å². The summed E-state index contributed by atoms with van der Waals surface area (Å²) in [6, 6.07) is 8.77. The van der Waals surface area contributed by atoms with E-state index in [0.717, 1.165) is 11.1 Å². The first kappa shape index (κ1) is 22.7.